The van der Waals surface area contributed by atoms with E-state index in [0.717, 1.165) is 0 Å². The number of methoxy groups -OCH3 is 1. The first kappa shape index (κ1) is 12.4. The van der Waals surface area contributed by atoms with E-state index in [1.54, 1.807) is 7.11 Å². The van der Waals surface area contributed by atoms with E-state index < -0.39 is 5.54 Å². The zero-order chi connectivity index (χ0) is 11.1. The quantitative estimate of drug-likeness (QED) is 0.521. The van der Waals surface area contributed by atoms with Crippen molar-refractivity contribution < 1.29 is 19.0 Å². The molecule has 1 fully saturated rings. The average Bonchev–Trinajstić information content (AvgIpc) is 2.25. The molecule has 88 valence electrons. The maximum atomic E-state index is 11.6. The van der Waals surface area contributed by atoms with Gasteiger partial charge in [0.1, 0.15) is 5.54 Å². The van der Waals surface area contributed by atoms with Crippen LogP contribution < -0.4 is 5.73 Å². The Morgan fingerprint density at radius 3 is 2.67 bits per heavy atom. The van der Waals surface area contributed by atoms with Gasteiger partial charge >= 0.3 is 5.97 Å². The summed E-state index contributed by atoms with van der Waals surface area (Å²) >= 11 is 0. The third-order valence-electron chi connectivity index (χ3n) is 2.52. The summed E-state index contributed by atoms with van der Waals surface area (Å²) in [6, 6.07) is 0. The van der Waals surface area contributed by atoms with Crippen molar-refractivity contribution in [3.05, 3.63) is 0 Å². The van der Waals surface area contributed by atoms with Gasteiger partial charge in [0, 0.05) is 33.4 Å². The van der Waals surface area contributed by atoms with Crippen LogP contribution in [0.1, 0.15) is 19.3 Å². The summed E-state index contributed by atoms with van der Waals surface area (Å²) in [4.78, 5) is 11.6. The van der Waals surface area contributed by atoms with E-state index in [0.29, 0.717) is 45.7 Å². The Hall–Kier alpha value is -0.650. The van der Waals surface area contributed by atoms with E-state index in [1.165, 1.54) is 0 Å². The highest BCUT2D eigenvalue weighted by Gasteiger charge is 2.37. The highest BCUT2D eigenvalue weighted by molar-refractivity contribution is 5.80. The van der Waals surface area contributed by atoms with Crippen LogP contribution in [-0.4, -0.2) is 45.0 Å². The number of hydrogen-bond donors (Lipinski definition) is 1. The van der Waals surface area contributed by atoms with Crippen molar-refractivity contribution in [3.8, 4) is 0 Å². The lowest BCUT2D eigenvalue weighted by Crippen LogP contribution is -2.52. The minimum absolute atomic E-state index is 0.318. The molecule has 0 aliphatic carbocycles. The van der Waals surface area contributed by atoms with Gasteiger partial charge in [-0.05, 0) is 12.8 Å². The Balaban J connectivity index is 2.25. The molecule has 2 N–H and O–H groups in total. The monoisotopic (exact) mass is 217 g/mol. The van der Waals surface area contributed by atoms with Crippen LogP contribution in [0.25, 0.3) is 0 Å². The minimum Gasteiger partial charge on any atom is -0.464 e. The molecule has 1 saturated heterocycles. The normalized spacial score (nSPS) is 19.9. The van der Waals surface area contributed by atoms with E-state index >= 15 is 0 Å². The zero-order valence-electron chi connectivity index (χ0n) is 9.16. The van der Waals surface area contributed by atoms with E-state index in [9.17, 15) is 4.79 Å². The molecule has 0 aromatic heterocycles. The summed E-state index contributed by atoms with van der Waals surface area (Å²) in [5.74, 6) is -0.318. The van der Waals surface area contributed by atoms with Crippen LogP contribution in [0.2, 0.25) is 0 Å². The molecular formula is C10H19NO4. The number of nitrogens with two attached hydrogens (primary N) is 1. The van der Waals surface area contributed by atoms with Crippen LogP contribution in [-0.2, 0) is 19.0 Å². The Morgan fingerprint density at radius 1 is 1.40 bits per heavy atom. The van der Waals surface area contributed by atoms with Crippen molar-refractivity contribution in [3.63, 3.8) is 0 Å². The predicted octanol–water partition coefficient (Wildman–Crippen LogP) is 0.0740. The van der Waals surface area contributed by atoms with E-state index in [2.05, 4.69) is 0 Å². The number of esters is 1. The molecule has 0 aromatic carbocycles. The molecule has 5 heteroatoms. The zero-order valence-corrected chi connectivity index (χ0v) is 9.16. The van der Waals surface area contributed by atoms with Crippen LogP contribution in [0.4, 0.5) is 0 Å². The highest BCUT2D eigenvalue weighted by Crippen LogP contribution is 2.19. The molecule has 0 bridgehead atoms. The summed E-state index contributed by atoms with van der Waals surface area (Å²) in [5, 5.41) is 0. The van der Waals surface area contributed by atoms with Gasteiger partial charge < -0.3 is 19.9 Å². The number of ether oxygens (including phenoxy) is 3. The fourth-order valence-corrected chi connectivity index (χ4v) is 1.45. The molecule has 0 saturated carbocycles. The third kappa shape index (κ3) is 3.77. The molecule has 0 aromatic rings. The van der Waals surface area contributed by atoms with Crippen molar-refractivity contribution >= 4 is 5.97 Å². The van der Waals surface area contributed by atoms with E-state index in [4.69, 9.17) is 19.9 Å². The second-order valence-corrected chi connectivity index (χ2v) is 3.75. The average molecular weight is 217 g/mol. The fourth-order valence-electron chi connectivity index (χ4n) is 1.45. The molecule has 0 unspecified atom stereocenters. The Labute approximate surface area is 89.9 Å². The first-order valence-corrected chi connectivity index (χ1v) is 5.22. The van der Waals surface area contributed by atoms with Crippen LogP contribution in [0.3, 0.4) is 0 Å². The fraction of sp³-hybridized carbons (Fsp3) is 0.900. The standard InChI is InChI=1S/C10H19NO4/c1-13-5-2-6-15-9(12)10(11)3-7-14-8-4-10/h2-8,11H2,1H3. The largest absolute Gasteiger partial charge is 0.464 e. The molecule has 5 nitrogen and oxygen atoms in total. The summed E-state index contributed by atoms with van der Waals surface area (Å²) < 4.78 is 15.1. The summed E-state index contributed by atoms with van der Waals surface area (Å²) in [7, 11) is 1.62. The van der Waals surface area contributed by atoms with Gasteiger partial charge in [0.15, 0.2) is 0 Å². The second-order valence-electron chi connectivity index (χ2n) is 3.75. The van der Waals surface area contributed by atoms with Gasteiger partial charge in [-0.25, -0.2) is 0 Å². The van der Waals surface area contributed by atoms with Crippen molar-refractivity contribution in [1.82, 2.24) is 0 Å². The van der Waals surface area contributed by atoms with Gasteiger partial charge in [0.2, 0.25) is 0 Å². The second kappa shape index (κ2) is 6.05. The topological polar surface area (TPSA) is 70.8 Å². The highest BCUT2D eigenvalue weighted by atomic mass is 16.5. The molecule has 1 rings (SSSR count). The van der Waals surface area contributed by atoms with Gasteiger partial charge in [0.05, 0.1) is 6.61 Å². The number of carbonyl (C=O) groups is 1. The van der Waals surface area contributed by atoms with E-state index in [1.807, 2.05) is 0 Å². The predicted molar refractivity (Wildman–Crippen MR) is 54.4 cm³/mol. The van der Waals surface area contributed by atoms with E-state index in [-0.39, 0.29) is 5.97 Å². The van der Waals surface area contributed by atoms with Crippen molar-refractivity contribution in [1.29, 1.82) is 0 Å². The molecule has 0 radical (unpaired) electrons. The first-order valence-electron chi connectivity index (χ1n) is 5.22. The van der Waals surface area contributed by atoms with Gasteiger partial charge in [0.25, 0.3) is 0 Å². The van der Waals surface area contributed by atoms with Gasteiger partial charge in [-0.1, -0.05) is 0 Å². The Kier molecular flexibility index (Phi) is 5.01. The molecule has 0 amide bonds. The first-order chi connectivity index (χ1) is 7.19. The Bertz CT molecular complexity index is 202. The summed E-state index contributed by atoms with van der Waals surface area (Å²) in [6.45, 7) is 2.02. The third-order valence-corrected chi connectivity index (χ3v) is 2.52. The molecule has 0 spiro atoms. The van der Waals surface area contributed by atoms with Crippen molar-refractivity contribution in [2.24, 2.45) is 5.73 Å². The minimum atomic E-state index is -0.842. The Morgan fingerprint density at radius 2 is 2.07 bits per heavy atom. The van der Waals surface area contributed by atoms with Gasteiger partial charge in [-0.15, -0.1) is 0 Å². The lowest BCUT2D eigenvalue weighted by atomic mass is 9.92. The molecule has 1 aliphatic rings. The smallest absolute Gasteiger partial charge is 0.326 e. The van der Waals surface area contributed by atoms with Crippen LogP contribution in [0.5, 0.6) is 0 Å². The molecule has 0 atom stereocenters. The lowest BCUT2D eigenvalue weighted by Gasteiger charge is -2.30. The summed E-state index contributed by atoms with van der Waals surface area (Å²) in [6.07, 6.45) is 1.78. The maximum Gasteiger partial charge on any atom is 0.326 e. The molecular weight excluding hydrogens is 198 g/mol. The van der Waals surface area contributed by atoms with Crippen LogP contribution in [0, 0.1) is 0 Å². The van der Waals surface area contributed by atoms with Gasteiger partial charge in [-0.3, -0.25) is 4.79 Å². The number of rotatable bonds is 5. The lowest BCUT2D eigenvalue weighted by molar-refractivity contribution is -0.154. The summed E-state index contributed by atoms with van der Waals surface area (Å²) in [5.41, 5.74) is 5.09. The SMILES string of the molecule is COCCCOC(=O)C1(N)CCOCC1. The van der Waals surface area contributed by atoms with Crippen molar-refractivity contribution in [2.75, 3.05) is 33.5 Å². The molecule has 1 heterocycles. The van der Waals surface area contributed by atoms with Gasteiger partial charge in [-0.2, -0.15) is 0 Å². The van der Waals surface area contributed by atoms with Crippen molar-refractivity contribution in [2.45, 2.75) is 24.8 Å². The van der Waals surface area contributed by atoms with Crippen LogP contribution in [0.15, 0.2) is 0 Å². The molecule has 15 heavy (non-hydrogen) atoms. The van der Waals surface area contributed by atoms with Crippen LogP contribution >= 0.6 is 0 Å². The molecule has 1 aliphatic heterocycles. The number of hydrogen-bond acceptors (Lipinski definition) is 5. The number of carbonyl (C=O) groups excluding carboxylic acids is 1. The maximum absolute atomic E-state index is 11.6.